The standard InChI is InChI=1S/C41H39N3O13/c1-21-14-22(2)16-25(15-21)34-32-24(10-12-43-32)18-44(34)57-38-37(49)36(48)31(20-54-40(52)33(39(50)51)42-11-3-13-45)56-41(38)55-27-8-9-28-30(17-27)53-19-29(35(28)47)23-4-6-26(46)7-5-23/h4-10,12-17,19,31,33,36-38,41-42,46,48-49H,3,11,18,20H2,1-2H3,(H,50,51)/t31-,33+,36-,37+,38-,41-/m0/s1. The summed E-state index contributed by atoms with van der Waals surface area (Å²) in [6.07, 6.45) is -2.48. The summed E-state index contributed by atoms with van der Waals surface area (Å²) in [7, 11) is 0. The van der Waals surface area contributed by atoms with Crippen molar-refractivity contribution >= 4 is 41.1 Å². The number of carboxylic acids is 1. The van der Waals surface area contributed by atoms with Crippen molar-refractivity contribution in [3.05, 3.63) is 111 Å². The molecule has 16 heteroatoms. The highest BCUT2D eigenvalue weighted by Crippen LogP contribution is 2.40. The molecule has 3 aliphatic rings. The van der Waals surface area contributed by atoms with Crippen LogP contribution in [0.3, 0.4) is 0 Å². The fourth-order valence-corrected chi connectivity index (χ4v) is 6.90. The highest BCUT2D eigenvalue weighted by atomic mass is 16.8. The number of hydrogen-bond acceptors (Lipinski definition) is 15. The van der Waals surface area contributed by atoms with Gasteiger partial charge in [0.2, 0.25) is 12.3 Å². The van der Waals surface area contributed by atoms with Crippen LogP contribution in [0.25, 0.3) is 27.8 Å². The Labute approximate surface area is 324 Å². The number of ether oxygens (including phenoxy) is 3. The zero-order chi connectivity index (χ0) is 40.4. The summed E-state index contributed by atoms with van der Waals surface area (Å²) in [5.74, 6) is -2.61. The van der Waals surface area contributed by atoms with E-state index in [1.165, 1.54) is 36.6 Å². The second-order valence-corrected chi connectivity index (χ2v) is 13.8. The molecule has 296 valence electrons. The zero-order valence-electron chi connectivity index (χ0n) is 30.7. The van der Waals surface area contributed by atoms with Crippen LogP contribution in [0.1, 0.15) is 23.1 Å². The van der Waals surface area contributed by atoms with Crippen LogP contribution in [-0.4, -0.2) is 106 Å². The molecule has 0 radical (unpaired) electrons. The lowest BCUT2D eigenvalue weighted by Crippen LogP contribution is -2.62. The minimum absolute atomic E-state index is 0.0415. The molecule has 0 amide bonds. The molecular formula is C41H39N3O13. The Morgan fingerprint density at radius 2 is 1.79 bits per heavy atom. The highest BCUT2D eigenvalue weighted by molar-refractivity contribution is 5.98. The number of hydrogen-bond donors (Lipinski definition) is 5. The minimum atomic E-state index is -1.82. The minimum Gasteiger partial charge on any atom is -0.508 e. The van der Waals surface area contributed by atoms with Gasteiger partial charge < -0.3 is 43.8 Å². The third-order valence-corrected chi connectivity index (χ3v) is 9.62. The van der Waals surface area contributed by atoms with Crippen LogP contribution in [0.15, 0.2) is 98.5 Å². The van der Waals surface area contributed by atoms with E-state index < -0.39 is 55.3 Å². The van der Waals surface area contributed by atoms with Crippen LogP contribution in [0.4, 0.5) is 0 Å². The van der Waals surface area contributed by atoms with Crippen molar-refractivity contribution in [1.82, 2.24) is 10.4 Å². The molecule has 3 aromatic carbocycles. The Hall–Kier alpha value is -6.17. The Kier molecular flexibility index (Phi) is 11.3. The number of aromatic hydroxyl groups is 1. The Bertz CT molecular complexity index is 2330. The number of aliphatic imine (C=N–C) groups is 1. The lowest BCUT2D eigenvalue weighted by Gasteiger charge is -2.43. The number of fused-ring (bicyclic) bond motifs is 2. The summed E-state index contributed by atoms with van der Waals surface area (Å²) < 4.78 is 23.4. The predicted molar refractivity (Wildman–Crippen MR) is 203 cm³/mol. The number of phenolic OH excluding ortho intramolecular Hbond substituents is 1. The van der Waals surface area contributed by atoms with Crippen molar-refractivity contribution in [2.45, 2.75) is 57.0 Å². The van der Waals surface area contributed by atoms with Crippen LogP contribution in [0, 0.1) is 13.8 Å². The van der Waals surface area contributed by atoms with Gasteiger partial charge in [0.05, 0.1) is 28.9 Å². The van der Waals surface area contributed by atoms with Gasteiger partial charge in [-0.2, -0.15) is 0 Å². The average molecular weight is 782 g/mol. The van der Waals surface area contributed by atoms with Crippen LogP contribution < -0.4 is 15.5 Å². The van der Waals surface area contributed by atoms with E-state index in [1.54, 1.807) is 23.4 Å². The number of benzene rings is 3. The number of carbonyl (C=O) groups is 3. The van der Waals surface area contributed by atoms with Crippen molar-refractivity contribution in [2.24, 2.45) is 4.99 Å². The van der Waals surface area contributed by atoms with Crippen molar-refractivity contribution in [3.63, 3.8) is 0 Å². The topological polar surface area (TPSA) is 227 Å². The Morgan fingerprint density at radius 3 is 2.51 bits per heavy atom. The van der Waals surface area contributed by atoms with E-state index in [0.29, 0.717) is 23.2 Å². The number of aldehydes is 1. The molecule has 3 aliphatic heterocycles. The van der Waals surface area contributed by atoms with Gasteiger partial charge in [0.1, 0.15) is 54.6 Å². The summed E-state index contributed by atoms with van der Waals surface area (Å²) in [5, 5.41) is 46.4. The van der Waals surface area contributed by atoms with Gasteiger partial charge in [-0.1, -0.05) is 29.3 Å². The SMILES string of the molecule is Cc1cc(C)cc(C2=C3N=CC=C3CN2O[C@@H]2[C@@H](Oc3ccc4c(=O)c(-c5ccc(O)cc5)coc4c3)O[C@@H](COC(=O)[C@H](NCCC=O)C(=O)O)[C@H](O)[C@H]2O)c1. The first-order chi connectivity index (χ1) is 27.4. The van der Waals surface area contributed by atoms with E-state index in [0.717, 1.165) is 22.3 Å². The number of allylic oxidation sites excluding steroid dienone is 1. The van der Waals surface area contributed by atoms with Crippen LogP contribution in [-0.2, 0) is 28.7 Å². The second-order valence-electron chi connectivity index (χ2n) is 13.8. The van der Waals surface area contributed by atoms with Crippen LogP contribution in [0.2, 0.25) is 0 Å². The molecule has 0 saturated carbocycles. The molecule has 4 aromatic rings. The fourth-order valence-electron chi connectivity index (χ4n) is 6.90. The largest absolute Gasteiger partial charge is 0.508 e. The summed E-state index contributed by atoms with van der Waals surface area (Å²) in [5.41, 5.74) is 5.53. The summed E-state index contributed by atoms with van der Waals surface area (Å²) >= 11 is 0. The van der Waals surface area contributed by atoms with Gasteiger partial charge in [0.15, 0.2) is 11.5 Å². The Morgan fingerprint density at radius 1 is 1.04 bits per heavy atom. The number of aliphatic hydroxyl groups is 2. The number of esters is 1. The number of hydroxylamine groups is 2. The molecule has 4 heterocycles. The molecule has 0 bridgehead atoms. The number of phenols is 1. The predicted octanol–water partition coefficient (Wildman–Crippen LogP) is 2.78. The number of aryl methyl sites for hydroxylation is 2. The highest BCUT2D eigenvalue weighted by Gasteiger charge is 2.49. The normalized spacial score (nSPS) is 22.0. The fraction of sp³-hybridized carbons (Fsp3) is 0.293. The van der Waals surface area contributed by atoms with E-state index in [9.17, 15) is 39.6 Å². The van der Waals surface area contributed by atoms with E-state index in [4.69, 9.17) is 23.5 Å². The smallest absolute Gasteiger partial charge is 0.334 e. The summed E-state index contributed by atoms with van der Waals surface area (Å²) in [6.45, 7) is 3.35. The zero-order valence-corrected chi connectivity index (χ0v) is 30.7. The van der Waals surface area contributed by atoms with Gasteiger partial charge in [-0.05, 0) is 61.9 Å². The van der Waals surface area contributed by atoms with E-state index in [2.05, 4.69) is 10.3 Å². The summed E-state index contributed by atoms with van der Waals surface area (Å²) in [4.78, 5) is 59.7. The third kappa shape index (κ3) is 8.21. The lowest BCUT2D eigenvalue weighted by molar-refractivity contribution is -0.323. The molecule has 0 spiro atoms. The van der Waals surface area contributed by atoms with Gasteiger partial charge in [-0.15, -0.1) is 0 Å². The molecule has 1 aromatic heterocycles. The Balaban J connectivity index is 1.18. The summed E-state index contributed by atoms with van der Waals surface area (Å²) in [6, 6.07) is 14.6. The maximum absolute atomic E-state index is 13.5. The van der Waals surface area contributed by atoms with Crippen molar-refractivity contribution in [2.75, 3.05) is 19.7 Å². The molecule has 0 aliphatic carbocycles. The number of carbonyl (C=O) groups excluding carboxylic acids is 2. The molecule has 16 nitrogen and oxygen atoms in total. The molecule has 0 unspecified atom stereocenters. The maximum Gasteiger partial charge on any atom is 0.334 e. The molecule has 57 heavy (non-hydrogen) atoms. The number of aliphatic carboxylic acids is 1. The van der Waals surface area contributed by atoms with Gasteiger partial charge in [-0.3, -0.25) is 19.9 Å². The number of rotatable bonds is 14. The van der Waals surface area contributed by atoms with Gasteiger partial charge in [-0.25, -0.2) is 14.7 Å². The van der Waals surface area contributed by atoms with Crippen molar-refractivity contribution in [3.8, 4) is 22.6 Å². The quantitative estimate of drug-likeness (QED) is 0.0537. The van der Waals surface area contributed by atoms with Crippen molar-refractivity contribution < 1.29 is 58.3 Å². The van der Waals surface area contributed by atoms with E-state index >= 15 is 0 Å². The monoisotopic (exact) mass is 781 g/mol. The molecule has 1 saturated heterocycles. The molecule has 5 N–H and O–H groups in total. The number of aliphatic hydroxyl groups excluding tert-OH is 2. The number of nitrogens with zero attached hydrogens (tertiary/aromatic N) is 2. The lowest BCUT2D eigenvalue weighted by atomic mass is 9.99. The van der Waals surface area contributed by atoms with E-state index in [-0.39, 0.29) is 53.0 Å². The molecule has 6 atom stereocenters. The molecule has 1 fully saturated rings. The molecular weight excluding hydrogens is 742 g/mol. The number of carboxylic acid groups (broad SMARTS) is 1. The first-order valence-corrected chi connectivity index (χ1v) is 18.0. The maximum atomic E-state index is 13.5. The average Bonchev–Trinajstić information content (AvgIpc) is 3.77. The van der Waals surface area contributed by atoms with Gasteiger partial charge >= 0.3 is 11.9 Å². The van der Waals surface area contributed by atoms with Gasteiger partial charge in [0.25, 0.3) is 0 Å². The van der Waals surface area contributed by atoms with Crippen LogP contribution in [0.5, 0.6) is 11.5 Å². The first-order valence-electron chi connectivity index (χ1n) is 18.0. The molecule has 7 rings (SSSR count). The first kappa shape index (κ1) is 39.1. The number of nitrogens with one attached hydrogen (secondary N) is 1. The second kappa shape index (κ2) is 16.5. The van der Waals surface area contributed by atoms with Gasteiger partial charge in [0, 0.05) is 36.4 Å². The van der Waals surface area contributed by atoms with Crippen molar-refractivity contribution in [1.29, 1.82) is 0 Å². The van der Waals surface area contributed by atoms with Crippen LogP contribution >= 0.6 is 0 Å². The third-order valence-electron chi connectivity index (χ3n) is 9.62. The van der Waals surface area contributed by atoms with E-state index in [1.807, 2.05) is 38.1 Å².